The average Bonchev–Trinajstić information content (AvgIpc) is 3.17. The maximum atomic E-state index is 12.3. The molecule has 21 heavy (non-hydrogen) atoms. The largest absolute Gasteiger partial charge is 0.309 e. The first-order valence-electron chi connectivity index (χ1n) is 7.08. The van der Waals surface area contributed by atoms with Crippen LogP contribution in [0.15, 0.2) is 41.5 Å². The number of nitrogens with zero attached hydrogens (tertiary/aromatic N) is 3. The van der Waals surface area contributed by atoms with E-state index < -0.39 is 0 Å². The first kappa shape index (κ1) is 12.3. The van der Waals surface area contributed by atoms with Crippen molar-refractivity contribution >= 4 is 5.65 Å². The number of pyridine rings is 1. The monoisotopic (exact) mass is 281 g/mol. The predicted molar refractivity (Wildman–Crippen MR) is 79.0 cm³/mol. The second-order valence-corrected chi connectivity index (χ2v) is 5.27. The molecule has 4 rings (SSSR count). The van der Waals surface area contributed by atoms with Crippen molar-refractivity contribution in [2.75, 3.05) is 6.54 Å². The minimum absolute atomic E-state index is 0.0796. The van der Waals surface area contributed by atoms with E-state index in [9.17, 15) is 4.79 Å². The van der Waals surface area contributed by atoms with Gasteiger partial charge in [0, 0.05) is 36.1 Å². The molecule has 0 amide bonds. The lowest BCUT2D eigenvalue weighted by molar-refractivity contribution is 0.625. The van der Waals surface area contributed by atoms with Crippen molar-refractivity contribution in [2.45, 2.75) is 18.9 Å². The Kier molecular flexibility index (Phi) is 2.82. The van der Waals surface area contributed by atoms with Crippen molar-refractivity contribution in [3.63, 3.8) is 0 Å². The molecule has 0 saturated carbocycles. The molecular weight excluding hydrogens is 266 g/mol. The maximum absolute atomic E-state index is 12.3. The van der Waals surface area contributed by atoms with Gasteiger partial charge in [-0.2, -0.15) is 0 Å². The van der Waals surface area contributed by atoms with Gasteiger partial charge in [0.1, 0.15) is 0 Å². The molecule has 0 aromatic carbocycles. The minimum Gasteiger partial charge on any atom is -0.309 e. The van der Waals surface area contributed by atoms with E-state index in [4.69, 9.17) is 0 Å². The Morgan fingerprint density at radius 3 is 2.86 bits per heavy atom. The van der Waals surface area contributed by atoms with Gasteiger partial charge in [-0.25, -0.2) is 9.50 Å². The summed E-state index contributed by atoms with van der Waals surface area (Å²) in [4.78, 5) is 20.9. The summed E-state index contributed by atoms with van der Waals surface area (Å²) in [5, 5.41) is 6.47. The molecule has 6 nitrogen and oxygen atoms in total. The summed E-state index contributed by atoms with van der Waals surface area (Å²) >= 11 is 0. The summed E-state index contributed by atoms with van der Waals surface area (Å²) < 4.78 is 1.48. The van der Waals surface area contributed by atoms with Gasteiger partial charge in [0.25, 0.3) is 5.56 Å². The van der Waals surface area contributed by atoms with Gasteiger partial charge in [0.2, 0.25) is 0 Å². The second-order valence-electron chi connectivity index (χ2n) is 5.27. The molecule has 4 heterocycles. The van der Waals surface area contributed by atoms with E-state index in [1.165, 1.54) is 4.52 Å². The standard InChI is InChI=1S/C15H15N5O/c21-15-9-13(11-2-1-5-17-11)18-14-8-12(19-20(14)15)10-3-6-16-7-4-10/h3-4,6-9,11,17,19H,1-2,5H2. The molecule has 1 saturated heterocycles. The van der Waals surface area contributed by atoms with E-state index in [1.807, 2.05) is 18.2 Å². The normalized spacial score (nSPS) is 18.4. The molecule has 1 aliphatic heterocycles. The van der Waals surface area contributed by atoms with Crippen molar-refractivity contribution < 1.29 is 0 Å². The number of nitrogens with one attached hydrogen (secondary N) is 2. The highest BCUT2D eigenvalue weighted by atomic mass is 16.1. The zero-order valence-corrected chi connectivity index (χ0v) is 11.4. The molecule has 6 heteroatoms. The van der Waals surface area contributed by atoms with Gasteiger partial charge in [-0.3, -0.25) is 14.9 Å². The fourth-order valence-electron chi connectivity index (χ4n) is 2.80. The molecule has 0 spiro atoms. The van der Waals surface area contributed by atoms with Crippen LogP contribution in [-0.2, 0) is 0 Å². The Labute approximate surface area is 120 Å². The molecule has 1 fully saturated rings. The molecule has 0 bridgehead atoms. The van der Waals surface area contributed by atoms with Crippen LogP contribution in [0.1, 0.15) is 24.6 Å². The highest BCUT2D eigenvalue weighted by Gasteiger charge is 2.19. The van der Waals surface area contributed by atoms with Gasteiger partial charge in [0.15, 0.2) is 5.65 Å². The van der Waals surface area contributed by atoms with Crippen LogP contribution in [0, 0.1) is 0 Å². The van der Waals surface area contributed by atoms with Crippen LogP contribution in [0.5, 0.6) is 0 Å². The molecular formula is C15H15N5O. The Hall–Kier alpha value is -2.47. The molecule has 1 aliphatic rings. The van der Waals surface area contributed by atoms with E-state index >= 15 is 0 Å². The van der Waals surface area contributed by atoms with Crippen molar-refractivity contribution in [3.8, 4) is 11.3 Å². The first-order chi connectivity index (χ1) is 10.3. The molecule has 1 unspecified atom stereocenters. The topological polar surface area (TPSA) is 75.1 Å². The van der Waals surface area contributed by atoms with Crippen LogP contribution < -0.4 is 10.9 Å². The molecule has 0 aliphatic carbocycles. The maximum Gasteiger partial charge on any atom is 0.272 e. The van der Waals surface area contributed by atoms with Crippen molar-refractivity contribution in [1.29, 1.82) is 0 Å². The summed E-state index contributed by atoms with van der Waals surface area (Å²) in [5.74, 6) is 0. The Balaban J connectivity index is 1.84. The zero-order valence-electron chi connectivity index (χ0n) is 11.4. The fourth-order valence-corrected chi connectivity index (χ4v) is 2.80. The third-order valence-corrected chi connectivity index (χ3v) is 3.88. The summed E-state index contributed by atoms with van der Waals surface area (Å²) in [6.07, 6.45) is 5.61. The van der Waals surface area contributed by atoms with Gasteiger partial charge < -0.3 is 5.32 Å². The smallest absolute Gasteiger partial charge is 0.272 e. The Morgan fingerprint density at radius 1 is 1.24 bits per heavy atom. The van der Waals surface area contributed by atoms with Gasteiger partial charge in [-0.15, -0.1) is 0 Å². The van der Waals surface area contributed by atoms with Gasteiger partial charge >= 0.3 is 0 Å². The van der Waals surface area contributed by atoms with Crippen LogP contribution in [0.4, 0.5) is 0 Å². The Morgan fingerprint density at radius 2 is 2.10 bits per heavy atom. The van der Waals surface area contributed by atoms with Crippen molar-refractivity contribution in [2.24, 2.45) is 0 Å². The molecule has 3 aromatic rings. The number of hydrogen-bond donors (Lipinski definition) is 2. The van der Waals surface area contributed by atoms with E-state index in [2.05, 4.69) is 20.4 Å². The zero-order chi connectivity index (χ0) is 14.2. The highest BCUT2D eigenvalue weighted by Crippen LogP contribution is 2.22. The Bertz CT molecular complexity index is 830. The average molecular weight is 281 g/mol. The second kappa shape index (κ2) is 4.82. The first-order valence-corrected chi connectivity index (χ1v) is 7.08. The predicted octanol–water partition coefficient (Wildman–Crippen LogP) is 1.51. The van der Waals surface area contributed by atoms with Gasteiger partial charge in [-0.1, -0.05) is 0 Å². The highest BCUT2D eigenvalue weighted by molar-refractivity contribution is 5.63. The number of aromatic nitrogens is 4. The number of H-pyrrole nitrogens is 1. The lowest BCUT2D eigenvalue weighted by Gasteiger charge is -2.08. The molecule has 106 valence electrons. The van der Waals surface area contributed by atoms with Gasteiger partial charge in [-0.05, 0) is 31.5 Å². The molecule has 1 atom stereocenters. The van der Waals surface area contributed by atoms with Crippen LogP contribution in [-0.4, -0.2) is 26.1 Å². The number of aromatic amines is 1. The van der Waals surface area contributed by atoms with Crippen LogP contribution >= 0.6 is 0 Å². The number of hydrogen-bond acceptors (Lipinski definition) is 4. The lowest BCUT2D eigenvalue weighted by Crippen LogP contribution is -2.20. The minimum atomic E-state index is -0.0796. The van der Waals surface area contributed by atoms with Gasteiger partial charge in [0.05, 0.1) is 11.4 Å². The number of fused-ring (bicyclic) bond motifs is 1. The summed E-state index contributed by atoms with van der Waals surface area (Å²) in [7, 11) is 0. The van der Waals surface area contributed by atoms with Crippen molar-refractivity contribution in [1.82, 2.24) is 24.9 Å². The SMILES string of the molecule is O=c1cc(C2CCCN2)nc2cc(-c3ccncc3)[nH]n12. The van der Waals surface area contributed by atoms with Crippen molar-refractivity contribution in [3.05, 3.63) is 52.7 Å². The van der Waals surface area contributed by atoms with E-state index in [-0.39, 0.29) is 11.6 Å². The van der Waals surface area contributed by atoms with Crippen LogP contribution in [0.3, 0.4) is 0 Å². The quantitative estimate of drug-likeness (QED) is 0.746. The molecule has 0 radical (unpaired) electrons. The van der Waals surface area contributed by atoms with Crippen LogP contribution in [0.2, 0.25) is 0 Å². The number of rotatable bonds is 2. The summed E-state index contributed by atoms with van der Waals surface area (Å²) in [6, 6.07) is 7.50. The fraction of sp³-hybridized carbons (Fsp3) is 0.267. The van der Waals surface area contributed by atoms with E-state index in [0.717, 1.165) is 36.3 Å². The summed E-state index contributed by atoms with van der Waals surface area (Å²) in [6.45, 7) is 0.987. The molecule has 3 aromatic heterocycles. The summed E-state index contributed by atoms with van der Waals surface area (Å²) in [5.41, 5.74) is 3.24. The third-order valence-electron chi connectivity index (χ3n) is 3.88. The van der Waals surface area contributed by atoms with E-state index in [0.29, 0.717) is 5.65 Å². The lowest BCUT2D eigenvalue weighted by atomic mass is 10.1. The third kappa shape index (κ3) is 2.13. The van der Waals surface area contributed by atoms with Crippen LogP contribution in [0.25, 0.3) is 16.9 Å². The van der Waals surface area contributed by atoms with E-state index in [1.54, 1.807) is 18.5 Å². The molecule has 2 N–H and O–H groups in total.